The fourth-order valence-corrected chi connectivity index (χ4v) is 2.50. The number of unbranched alkanes of at least 4 members (excludes halogenated alkanes) is 5. The maximum absolute atomic E-state index is 4.28. The van der Waals surface area contributed by atoms with Gasteiger partial charge in [-0.1, -0.05) is 74.1 Å². The Morgan fingerprint density at radius 1 is 0.952 bits per heavy atom. The molecule has 0 spiro atoms. The first kappa shape index (κ1) is 15.7. The third-order valence-electron chi connectivity index (χ3n) is 3.84. The minimum absolute atomic E-state index is 0.809. The average Bonchev–Trinajstić information content (AvgIpc) is 2.93. The van der Waals surface area contributed by atoms with Crippen LogP contribution in [-0.4, -0.2) is 15.0 Å². The van der Waals surface area contributed by atoms with E-state index in [0.29, 0.717) is 0 Å². The monoisotopic (exact) mass is 285 g/mol. The zero-order valence-electron chi connectivity index (χ0n) is 13.4. The lowest BCUT2D eigenvalue weighted by molar-refractivity contribution is 0.604. The first-order chi connectivity index (χ1) is 10.3. The predicted octanol–water partition coefficient (Wildman–Crippen LogP) is 4.54. The molecule has 114 valence electrons. The minimum atomic E-state index is 0.809. The van der Waals surface area contributed by atoms with E-state index in [1.54, 1.807) is 0 Å². The summed E-state index contributed by atoms with van der Waals surface area (Å²) in [4.78, 5) is 0. The normalized spacial score (nSPS) is 11.0. The number of aromatic nitrogens is 3. The van der Waals surface area contributed by atoms with Crippen LogP contribution in [0.25, 0.3) is 0 Å². The Bertz CT molecular complexity index is 514. The molecule has 0 fully saturated rings. The standard InChI is InChI=1S/C18H27N3/c1-3-4-5-6-7-8-9-18-15-21(20-19-18)14-17-12-10-16(2)11-13-17/h10-13,15H,3-9,14H2,1-2H3. The lowest BCUT2D eigenvalue weighted by atomic mass is 10.1. The Balaban J connectivity index is 1.72. The second-order valence-corrected chi connectivity index (χ2v) is 5.91. The zero-order chi connectivity index (χ0) is 14.9. The van der Waals surface area contributed by atoms with Crippen molar-refractivity contribution in [1.82, 2.24) is 15.0 Å². The molecule has 0 atom stereocenters. The van der Waals surface area contributed by atoms with Crippen LogP contribution in [0.4, 0.5) is 0 Å². The van der Waals surface area contributed by atoms with Gasteiger partial charge in [0.25, 0.3) is 0 Å². The van der Waals surface area contributed by atoms with Crippen LogP contribution in [0, 0.1) is 6.92 Å². The number of nitrogens with zero attached hydrogens (tertiary/aromatic N) is 3. The van der Waals surface area contributed by atoms with Crippen molar-refractivity contribution in [1.29, 1.82) is 0 Å². The molecule has 1 aromatic heterocycles. The molecule has 3 heteroatoms. The number of rotatable bonds is 9. The lowest BCUT2D eigenvalue weighted by Crippen LogP contribution is -2.00. The van der Waals surface area contributed by atoms with Crippen molar-refractivity contribution < 1.29 is 0 Å². The molecular formula is C18H27N3. The van der Waals surface area contributed by atoms with Crippen LogP contribution < -0.4 is 0 Å². The van der Waals surface area contributed by atoms with Crippen LogP contribution in [0.3, 0.4) is 0 Å². The summed E-state index contributed by atoms with van der Waals surface area (Å²) in [6.07, 6.45) is 11.1. The third kappa shape index (κ3) is 5.70. The smallest absolute Gasteiger partial charge is 0.0827 e. The van der Waals surface area contributed by atoms with Gasteiger partial charge in [-0.05, 0) is 25.3 Å². The van der Waals surface area contributed by atoms with Crippen molar-refractivity contribution in [3.63, 3.8) is 0 Å². The van der Waals surface area contributed by atoms with Crippen LogP contribution in [-0.2, 0) is 13.0 Å². The van der Waals surface area contributed by atoms with Gasteiger partial charge >= 0.3 is 0 Å². The molecule has 0 saturated carbocycles. The maximum Gasteiger partial charge on any atom is 0.0827 e. The highest BCUT2D eigenvalue weighted by molar-refractivity contribution is 5.21. The van der Waals surface area contributed by atoms with Gasteiger partial charge in [0.2, 0.25) is 0 Å². The van der Waals surface area contributed by atoms with Crippen molar-refractivity contribution in [3.05, 3.63) is 47.3 Å². The molecule has 0 aliphatic carbocycles. The molecule has 1 aromatic carbocycles. The van der Waals surface area contributed by atoms with E-state index in [2.05, 4.69) is 54.6 Å². The second kappa shape index (κ2) is 8.60. The highest BCUT2D eigenvalue weighted by Gasteiger charge is 2.02. The van der Waals surface area contributed by atoms with Crippen LogP contribution in [0.5, 0.6) is 0 Å². The van der Waals surface area contributed by atoms with Crippen molar-refractivity contribution in [3.8, 4) is 0 Å². The Kier molecular flexibility index (Phi) is 6.45. The molecule has 0 bridgehead atoms. The van der Waals surface area contributed by atoms with E-state index < -0.39 is 0 Å². The van der Waals surface area contributed by atoms with E-state index in [4.69, 9.17) is 0 Å². The van der Waals surface area contributed by atoms with Crippen molar-refractivity contribution in [2.45, 2.75) is 65.3 Å². The van der Waals surface area contributed by atoms with Crippen LogP contribution >= 0.6 is 0 Å². The average molecular weight is 285 g/mol. The van der Waals surface area contributed by atoms with Gasteiger partial charge in [-0.15, -0.1) is 5.10 Å². The third-order valence-corrected chi connectivity index (χ3v) is 3.84. The molecule has 0 unspecified atom stereocenters. The summed E-state index contributed by atoms with van der Waals surface area (Å²) in [5.41, 5.74) is 3.69. The minimum Gasteiger partial charge on any atom is -0.248 e. The fraction of sp³-hybridized carbons (Fsp3) is 0.556. The number of aryl methyl sites for hydroxylation is 2. The lowest BCUT2D eigenvalue weighted by Gasteiger charge is -2.01. The molecule has 2 rings (SSSR count). The van der Waals surface area contributed by atoms with Gasteiger partial charge in [-0.2, -0.15) is 0 Å². The van der Waals surface area contributed by atoms with Crippen molar-refractivity contribution in [2.24, 2.45) is 0 Å². The number of hydrogen-bond donors (Lipinski definition) is 0. The van der Waals surface area contributed by atoms with E-state index in [1.807, 2.05) is 4.68 Å². The largest absolute Gasteiger partial charge is 0.248 e. The summed E-state index contributed by atoms with van der Waals surface area (Å²) >= 11 is 0. The van der Waals surface area contributed by atoms with Crippen molar-refractivity contribution >= 4 is 0 Å². The first-order valence-electron chi connectivity index (χ1n) is 8.22. The van der Waals surface area contributed by atoms with Crippen LogP contribution in [0.2, 0.25) is 0 Å². The number of benzene rings is 1. The molecule has 0 N–H and O–H groups in total. The molecule has 21 heavy (non-hydrogen) atoms. The van der Waals surface area contributed by atoms with Gasteiger partial charge in [0.1, 0.15) is 0 Å². The predicted molar refractivity (Wildman–Crippen MR) is 87.4 cm³/mol. The number of hydrogen-bond acceptors (Lipinski definition) is 2. The van der Waals surface area contributed by atoms with Gasteiger partial charge in [-0.3, -0.25) is 0 Å². The summed E-state index contributed by atoms with van der Waals surface area (Å²) in [5.74, 6) is 0. The molecule has 0 saturated heterocycles. The summed E-state index contributed by atoms with van der Waals surface area (Å²) in [6.45, 7) is 5.17. The van der Waals surface area contributed by atoms with E-state index in [0.717, 1.165) is 18.7 Å². The highest BCUT2D eigenvalue weighted by atomic mass is 15.4. The molecule has 3 nitrogen and oxygen atoms in total. The summed E-state index contributed by atoms with van der Waals surface area (Å²) in [7, 11) is 0. The Labute approximate surface area is 128 Å². The van der Waals surface area contributed by atoms with Crippen LogP contribution in [0.15, 0.2) is 30.5 Å². The molecule has 0 aliphatic rings. The van der Waals surface area contributed by atoms with Gasteiger partial charge in [0, 0.05) is 6.20 Å². The maximum atomic E-state index is 4.28. The van der Waals surface area contributed by atoms with Gasteiger partial charge < -0.3 is 0 Å². The molecule has 1 heterocycles. The second-order valence-electron chi connectivity index (χ2n) is 5.91. The molecular weight excluding hydrogens is 258 g/mol. The van der Waals surface area contributed by atoms with Crippen LogP contribution in [0.1, 0.15) is 62.3 Å². The topological polar surface area (TPSA) is 30.7 Å². The molecule has 0 aliphatic heterocycles. The Morgan fingerprint density at radius 2 is 1.67 bits per heavy atom. The summed E-state index contributed by atoms with van der Waals surface area (Å²) in [6, 6.07) is 8.60. The fourth-order valence-electron chi connectivity index (χ4n) is 2.50. The van der Waals surface area contributed by atoms with Gasteiger partial charge in [0.05, 0.1) is 12.2 Å². The Morgan fingerprint density at radius 3 is 2.43 bits per heavy atom. The molecule has 2 aromatic rings. The van der Waals surface area contributed by atoms with Crippen molar-refractivity contribution in [2.75, 3.05) is 0 Å². The quantitative estimate of drug-likeness (QED) is 0.633. The van der Waals surface area contributed by atoms with E-state index in [1.165, 1.54) is 49.7 Å². The summed E-state index contributed by atoms with van der Waals surface area (Å²) < 4.78 is 1.94. The molecule has 0 amide bonds. The Hall–Kier alpha value is -1.64. The van der Waals surface area contributed by atoms with E-state index in [9.17, 15) is 0 Å². The van der Waals surface area contributed by atoms with E-state index in [-0.39, 0.29) is 0 Å². The van der Waals surface area contributed by atoms with E-state index >= 15 is 0 Å². The van der Waals surface area contributed by atoms with Gasteiger partial charge in [0.15, 0.2) is 0 Å². The molecule has 0 radical (unpaired) electrons. The summed E-state index contributed by atoms with van der Waals surface area (Å²) in [5, 5.41) is 8.51. The zero-order valence-corrected chi connectivity index (χ0v) is 13.4. The SMILES string of the molecule is CCCCCCCCc1cn(Cc2ccc(C)cc2)nn1. The first-order valence-corrected chi connectivity index (χ1v) is 8.22. The van der Waals surface area contributed by atoms with Gasteiger partial charge in [-0.25, -0.2) is 4.68 Å². The highest BCUT2D eigenvalue weighted by Crippen LogP contribution is 2.09.